The highest BCUT2D eigenvalue weighted by molar-refractivity contribution is 8.14. The van der Waals surface area contributed by atoms with E-state index in [9.17, 15) is 0 Å². The maximum atomic E-state index is 4.56. The molecule has 1 atom stereocenters. The fourth-order valence-corrected chi connectivity index (χ4v) is 3.31. The molecule has 1 aromatic rings. The van der Waals surface area contributed by atoms with Crippen molar-refractivity contribution < 1.29 is 0 Å². The van der Waals surface area contributed by atoms with E-state index in [0.717, 1.165) is 29.6 Å². The van der Waals surface area contributed by atoms with Gasteiger partial charge in [0, 0.05) is 30.1 Å². The summed E-state index contributed by atoms with van der Waals surface area (Å²) in [7, 11) is 0. The Labute approximate surface area is 105 Å². The normalized spacial score (nSPS) is 22.9. The Kier molecular flexibility index (Phi) is 4.23. The van der Waals surface area contributed by atoms with Gasteiger partial charge < -0.3 is 5.32 Å². The molecule has 0 saturated carbocycles. The van der Waals surface area contributed by atoms with E-state index in [1.165, 1.54) is 0 Å². The molecule has 16 heavy (non-hydrogen) atoms. The summed E-state index contributed by atoms with van der Waals surface area (Å²) < 4.78 is 0. The lowest BCUT2D eigenvalue weighted by molar-refractivity contribution is 0.503. The molecule has 0 bridgehead atoms. The number of amidine groups is 1. The summed E-state index contributed by atoms with van der Waals surface area (Å²) in [4.78, 5) is 8.81. The van der Waals surface area contributed by atoms with Crippen LogP contribution in [0.25, 0.3) is 0 Å². The predicted molar refractivity (Wildman–Crippen MR) is 72.3 cm³/mol. The van der Waals surface area contributed by atoms with Gasteiger partial charge in [-0.25, -0.2) is 4.98 Å². The Morgan fingerprint density at radius 1 is 1.62 bits per heavy atom. The number of aliphatic imine (C=N–C) groups is 1. The Morgan fingerprint density at radius 3 is 3.12 bits per heavy atom. The summed E-state index contributed by atoms with van der Waals surface area (Å²) >= 11 is 3.48. The van der Waals surface area contributed by atoms with Gasteiger partial charge in [-0.1, -0.05) is 25.6 Å². The zero-order valence-corrected chi connectivity index (χ0v) is 11.3. The lowest BCUT2D eigenvalue weighted by Gasteiger charge is -2.12. The van der Waals surface area contributed by atoms with Gasteiger partial charge in [-0.3, -0.25) is 4.99 Å². The lowest BCUT2D eigenvalue weighted by Crippen LogP contribution is -2.31. The Hall–Kier alpha value is -0.550. The monoisotopic (exact) mass is 255 g/mol. The Balaban J connectivity index is 1.77. The van der Waals surface area contributed by atoms with Crippen LogP contribution in [0, 0.1) is 5.92 Å². The SMILES string of the molecule is CC(C)[C@H]1CSC(=NCCc2cscn2)N1. The molecule has 1 aromatic heterocycles. The lowest BCUT2D eigenvalue weighted by atomic mass is 10.1. The molecule has 2 rings (SSSR count). The van der Waals surface area contributed by atoms with E-state index in [-0.39, 0.29) is 0 Å². The maximum Gasteiger partial charge on any atom is 0.156 e. The van der Waals surface area contributed by atoms with Gasteiger partial charge >= 0.3 is 0 Å². The minimum Gasteiger partial charge on any atom is -0.361 e. The molecule has 5 heteroatoms. The summed E-state index contributed by atoms with van der Waals surface area (Å²) in [6.45, 7) is 5.33. The van der Waals surface area contributed by atoms with Crippen molar-refractivity contribution in [2.24, 2.45) is 10.9 Å². The molecule has 0 spiro atoms. The molecule has 0 amide bonds. The summed E-state index contributed by atoms with van der Waals surface area (Å²) in [6, 6.07) is 0.586. The standard InChI is InChI=1S/C11H17N3S2/c1-8(2)10-6-16-11(14-10)12-4-3-9-5-15-7-13-9/h5,7-8,10H,3-4,6H2,1-2H3,(H,12,14)/t10-/m1/s1. The van der Waals surface area contributed by atoms with E-state index >= 15 is 0 Å². The van der Waals surface area contributed by atoms with Gasteiger partial charge in [-0.15, -0.1) is 11.3 Å². The van der Waals surface area contributed by atoms with Crippen LogP contribution in [0.15, 0.2) is 15.9 Å². The molecule has 88 valence electrons. The van der Waals surface area contributed by atoms with Crippen molar-refractivity contribution in [3.63, 3.8) is 0 Å². The van der Waals surface area contributed by atoms with Gasteiger partial charge in [-0.05, 0) is 5.92 Å². The maximum absolute atomic E-state index is 4.56. The van der Waals surface area contributed by atoms with Crippen LogP contribution < -0.4 is 5.32 Å². The second-order valence-electron chi connectivity index (χ2n) is 4.22. The number of aromatic nitrogens is 1. The van der Waals surface area contributed by atoms with Crippen LogP contribution >= 0.6 is 23.1 Å². The van der Waals surface area contributed by atoms with Gasteiger partial charge in [0.05, 0.1) is 11.2 Å². The molecule has 0 aliphatic carbocycles. The molecule has 0 aromatic carbocycles. The first-order chi connectivity index (χ1) is 7.75. The fourth-order valence-electron chi connectivity index (χ4n) is 1.49. The van der Waals surface area contributed by atoms with E-state index in [0.29, 0.717) is 12.0 Å². The van der Waals surface area contributed by atoms with Gasteiger partial charge in [0.2, 0.25) is 0 Å². The number of hydrogen-bond acceptors (Lipinski definition) is 4. The number of rotatable bonds is 4. The first-order valence-corrected chi connectivity index (χ1v) is 7.49. The number of thiazole rings is 1. The number of thioether (sulfide) groups is 1. The van der Waals surface area contributed by atoms with E-state index < -0.39 is 0 Å². The van der Waals surface area contributed by atoms with E-state index in [2.05, 4.69) is 34.5 Å². The Morgan fingerprint density at radius 2 is 2.50 bits per heavy atom. The zero-order chi connectivity index (χ0) is 11.4. The van der Waals surface area contributed by atoms with Crippen LogP contribution in [-0.2, 0) is 6.42 Å². The molecular formula is C11H17N3S2. The van der Waals surface area contributed by atoms with Gasteiger partial charge in [0.25, 0.3) is 0 Å². The Bertz CT molecular complexity index is 346. The van der Waals surface area contributed by atoms with Gasteiger partial charge in [0.1, 0.15) is 0 Å². The average Bonchev–Trinajstić information content (AvgIpc) is 2.87. The number of hydrogen-bond donors (Lipinski definition) is 1. The summed E-state index contributed by atoms with van der Waals surface area (Å²) in [5, 5.41) is 6.66. The van der Waals surface area contributed by atoms with Crippen molar-refractivity contribution in [1.29, 1.82) is 0 Å². The quantitative estimate of drug-likeness (QED) is 0.897. The van der Waals surface area contributed by atoms with Crippen LogP contribution in [0.3, 0.4) is 0 Å². The van der Waals surface area contributed by atoms with E-state index in [1.54, 1.807) is 11.3 Å². The van der Waals surface area contributed by atoms with Crippen LogP contribution in [0.4, 0.5) is 0 Å². The van der Waals surface area contributed by atoms with E-state index in [4.69, 9.17) is 0 Å². The average molecular weight is 255 g/mol. The van der Waals surface area contributed by atoms with Crippen LogP contribution in [0.5, 0.6) is 0 Å². The first-order valence-electron chi connectivity index (χ1n) is 5.56. The third-order valence-corrected chi connectivity index (χ3v) is 4.30. The fraction of sp³-hybridized carbons (Fsp3) is 0.636. The van der Waals surface area contributed by atoms with Crippen LogP contribution in [0.2, 0.25) is 0 Å². The predicted octanol–water partition coefficient (Wildman–Crippen LogP) is 2.40. The van der Waals surface area contributed by atoms with Crippen molar-refractivity contribution in [3.8, 4) is 0 Å². The molecule has 3 nitrogen and oxygen atoms in total. The highest BCUT2D eigenvalue weighted by atomic mass is 32.2. The van der Waals surface area contributed by atoms with Crippen molar-refractivity contribution in [3.05, 3.63) is 16.6 Å². The van der Waals surface area contributed by atoms with E-state index in [1.807, 2.05) is 17.3 Å². The number of nitrogens with one attached hydrogen (secondary N) is 1. The van der Waals surface area contributed by atoms with Crippen molar-refractivity contribution in [2.75, 3.05) is 12.3 Å². The summed E-state index contributed by atoms with van der Waals surface area (Å²) in [6.07, 6.45) is 0.946. The largest absolute Gasteiger partial charge is 0.361 e. The summed E-state index contributed by atoms with van der Waals surface area (Å²) in [5.41, 5.74) is 3.03. The highest BCUT2D eigenvalue weighted by Crippen LogP contribution is 2.18. The molecule has 2 heterocycles. The third kappa shape index (κ3) is 3.22. The molecule has 1 fully saturated rings. The highest BCUT2D eigenvalue weighted by Gasteiger charge is 2.22. The summed E-state index contributed by atoms with van der Waals surface area (Å²) in [5.74, 6) is 1.83. The first kappa shape index (κ1) is 11.9. The molecular weight excluding hydrogens is 238 g/mol. The third-order valence-electron chi connectivity index (χ3n) is 2.62. The van der Waals surface area contributed by atoms with Gasteiger partial charge in [0.15, 0.2) is 5.17 Å². The zero-order valence-electron chi connectivity index (χ0n) is 9.64. The van der Waals surface area contributed by atoms with Crippen molar-refractivity contribution in [1.82, 2.24) is 10.3 Å². The van der Waals surface area contributed by atoms with Gasteiger partial charge in [-0.2, -0.15) is 0 Å². The molecule has 1 aliphatic rings. The molecule has 1 aliphatic heterocycles. The topological polar surface area (TPSA) is 37.3 Å². The smallest absolute Gasteiger partial charge is 0.156 e. The van der Waals surface area contributed by atoms with Crippen LogP contribution in [0.1, 0.15) is 19.5 Å². The van der Waals surface area contributed by atoms with Crippen molar-refractivity contribution in [2.45, 2.75) is 26.3 Å². The molecule has 1 saturated heterocycles. The second kappa shape index (κ2) is 5.68. The second-order valence-corrected chi connectivity index (χ2v) is 5.95. The molecule has 0 radical (unpaired) electrons. The molecule has 0 unspecified atom stereocenters. The van der Waals surface area contributed by atoms with Crippen molar-refractivity contribution >= 4 is 28.3 Å². The number of nitrogens with zero attached hydrogens (tertiary/aromatic N) is 2. The van der Waals surface area contributed by atoms with Crippen LogP contribution in [-0.4, -0.2) is 28.5 Å². The molecule has 1 N–H and O–H groups in total. The minimum atomic E-state index is 0.586. The minimum absolute atomic E-state index is 0.586.